The first-order valence-corrected chi connectivity index (χ1v) is 14.9. The SMILES string of the molecule is Oc1ccc(I)cc1CP(Br)(c1ccccc1)(c1ccccc1)c1ccccc1. The predicted octanol–water partition coefficient (Wildman–Crippen LogP) is 6.34. The van der Waals surface area contributed by atoms with Gasteiger partial charge >= 0.3 is 195 Å². The summed E-state index contributed by atoms with van der Waals surface area (Å²) >= 11 is 6.74. The van der Waals surface area contributed by atoms with Crippen molar-refractivity contribution in [1.29, 1.82) is 0 Å². The molecule has 0 spiro atoms. The average molecular weight is 575 g/mol. The fourth-order valence-corrected chi connectivity index (χ4v) is 12.1. The van der Waals surface area contributed by atoms with Gasteiger partial charge in [0.15, 0.2) is 0 Å². The van der Waals surface area contributed by atoms with Crippen molar-refractivity contribution < 1.29 is 5.11 Å². The van der Waals surface area contributed by atoms with Gasteiger partial charge in [0.1, 0.15) is 0 Å². The van der Waals surface area contributed by atoms with Gasteiger partial charge in [0, 0.05) is 0 Å². The quantitative estimate of drug-likeness (QED) is 0.218. The molecule has 4 rings (SSSR count). The summed E-state index contributed by atoms with van der Waals surface area (Å²) in [7, 11) is 0. The number of phenolic OH excluding ortho intramolecular Hbond substituents is 1. The molecule has 1 nitrogen and oxygen atoms in total. The van der Waals surface area contributed by atoms with Crippen LogP contribution in [0.1, 0.15) is 5.56 Å². The van der Waals surface area contributed by atoms with Crippen LogP contribution in [-0.2, 0) is 6.16 Å². The second kappa shape index (κ2) is 8.22. The summed E-state index contributed by atoms with van der Waals surface area (Å²) in [5.74, 6) is 0.335. The monoisotopic (exact) mass is 574 g/mol. The Morgan fingerprint density at radius 2 is 1.07 bits per heavy atom. The molecule has 146 valence electrons. The van der Waals surface area contributed by atoms with Crippen LogP contribution in [0, 0.1) is 3.57 Å². The van der Waals surface area contributed by atoms with Gasteiger partial charge in [0.2, 0.25) is 0 Å². The molecule has 4 aromatic carbocycles. The fourth-order valence-electron chi connectivity index (χ4n) is 3.94. The van der Waals surface area contributed by atoms with E-state index in [0.29, 0.717) is 11.9 Å². The van der Waals surface area contributed by atoms with Gasteiger partial charge in [0.25, 0.3) is 0 Å². The van der Waals surface area contributed by atoms with Gasteiger partial charge in [0.05, 0.1) is 0 Å². The van der Waals surface area contributed by atoms with E-state index < -0.39 is 5.31 Å². The molecule has 0 aliphatic carbocycles. The van der Waals surface area contributed by atoms with Crippen LogP contribution in [0.15, 0.2) is 109 Å². The number of hydrogen-bond donors (Lipinski definition) is 1. The van der Waals surface area contributed by atoms with Crippen LogP contribution in [0.25, 0.3) is 0 Å². The van der Waals surface area contributed by atoms with Crippen molar-refractivity contribution in [2.75, 3.05) is 0 Å². The average Bonchev–Trinajstić information content (AvgIpc) is 2.78. The normalized spacial score (nSPS) is 12.8. The van der Waals surface area contributed by atoms with Crippen molar-refractivity contribution in [2.45, 2.75) is 6.16 Å². The molecule has 0 unspecified atom stereocenters. The van der Waals surface area contributed by atoms with Gasteiger partial charge in [-0.3, -0.25) is 0 Å². The van der Waals surface area contributed by atoms with Crippen molar-refractivity contribution in [3.8, 4) is 5.75 Å². The number of aromatic hydroxyl groups is 1. The van der Waals surface area contributed by atoms with Crippen molar-refractivity contribution in [3.63, 3.8) is 0 Å². The maximum absolute atomic E-state index is 10.8. The Morgan fingerprint density at radius 1 is 0.655 bits per heavy atom. The van der Waals surface area contributed by atoms with Crippen LogP contribution in [0.5, 0.6) is 5.75 Å². The van der Waals surface area contributed by atoms with Crippen molar-refractivity contribution in [2.24, 2.45) is 0 Å². The van der Waals surface area contributed by atoms with Crippen LogP contribution in [-0.4, -0.2) is 5.11 Å². The number of phenols is 1. The molecule has 1 N–H and O–H groups in total. The van der Waals surface area contributed by atoms with Gasteiger partial charge in [-0.2, -0.15) is 0 Å². The van der Waals surface area contributed by atoms with E-state index in [1.807, 2.05) is 6.07 Å². The van der Waals surface area contributed by atoms with Crippen molar-refractivity contribution >= 4 is 59.3 Å². The number of benzene rings is 4. The summed E-state index contributed by atoms with van der Waals surface area (Å²) in [5.41, 5.74) is 0.947. The zero-order valence-corrected chi connectivity index (χ0v) is 20.4. The molecule has 0 aliphatic heterocycles. The van der Waals surface area contributed by atoms with Gasteiger partial charge < -0.3 is 0 Å². The zero-order valence-electron chi connectivity index (χ0n) is 15.7. The molecule has 0 saturated carbocycles. The standard InChI is InChI=1S/C25H21BrIOP/c26-29(22-10-4-1-5-11-22,23-12-6-2-7-13-23,24-14-8-3-9-15-24)19-20-18-21(27)16-17-25(20)28/h1-18,28H,19H2. The van der Waals surface area contributed by atoms with Crippen molar-refractivity contribution in [3.05, 3.63) is 118 Å². The Bertz CT molecular complexity index is 1020. The Balaban J connectivity index is 2.11. The summed E-state index contributed by atoms with van der Waals surface area (Å²) in [6, 6.07) is 37.8. The Kier molecular flexibility index (Phi) is 5.83. The summed E-state index contributed by atoms with van der Waals surface area (Å²) in [4.78, 5) is 0. The van der Waals surface area contributed by atoms with E-state index in [1.165, 1.54) is 15.9 Å². The minimum absolute atomic E-state index is 0.335. The number of rotatable bonds is 5. The van der Waals surface area contributed by atoms with Crippen LogP contribution >= 0.6 is 43.4 Å². The van der Waals surface area contributed by atoms with E-state index in [2.05, 4.69) is 135 Å². The summed E-state index contributed by atoms with van der Waals surface area (Å²) < 4.78 is 1.11. The van der Waals surface area contributed by atoms with Crippen LogP contribution < -0.4 is 15.9 Å². The van der Waals surface area contributed by atoms with Crippen molar-refractivity contribution in [1.82, 2.24) is 0 Å². The van der Waals surface area contributed by atoms with E-state index in [-0.39, 0.29) is 0 Å². The molecular weight excluding hydrogens is 554 g/mol. The molecule has 0 bridgehead atoms. The topological polar surface area (TPSA) is 20.2 Å². The first kappa shape index (κ1) is 20.6. The molecule has 0 fully saturated rings. The predicted molar refractivity (Wildman–Crippen MR) is 139 cm³/mol. The first-order chi connectivity index (χ1) is 14.0. The minimum atomic E-state index is -3.09. The molecule has 0 aromatic heterocycles. The third-order valence-electron chi connectivity index (χ3n) is 5.39. The molecule has 0 heterocycles. The Morgan fingerprint density at radius 3 is 1.48 bits per heavy atom. The van der Waals surface area contributed by atoms with Gasteiger partial charge in [-0.25, -0.2) is 0 Å². The van der Waals surface area contributed by atoms with Gasteiger partial charge in [-0.1, -0.05) is 0 Å². The molecule has 0 atom stereocenters. The second-order valence-corrected chi connectivity index (χ2v) is 17.3. The van der Waals surface area contributed by atoms with Crippen LogP contribution in [0.2, 0.25) is 0 Å². The summed E-state index contributed by atoms with van der Waals surface area (Å²) in [5, 5.41) is 11.4. The van der Waals surface area contributed by atoms with Crippen LogP contribution in [0.3, 0.4) is 0 Å². The molecule has 29 heavy (non-hydrogen) atoms. The van der Waals surface area contributed by atoms with E-state index in [1.54, 1.807) is 6.07 Å². The Hall–Kier alpha value is -1.68. The van der Waals surface area contributed by atoms with Crippen LogP contribution in [0.4, 0.5) is 0 Å². The molecule has 4 aromatic rings. The molecule has 0 radical (unpaired) electrons. The third-order valence-corrected chi connectivity index (χ3v) is 15.6. The first-order valence-electron chi connectivity index (χ1n) is 9.39. The van der Waals surface area contributed by atoms with E-state index in [4.69, 9.17) is 0 Å². The van der Waals surface area contributed by atoms with Gasteiger partial charge in [-0.15, -0.1) is 0 Å². The second-order valence-electron chi connectivity index (χ2n) is 7.12. The molecular formula is C25H21BrIOP. The fraction of sp³-hybridized carbons (Fsp3) is 0.0400. The van der Waals surface area contributed by atoms with Gasteiger partial charge in [-0.05, 0) is 0 Å². The molecule has 0 amide bonds. The van der Waals surface area contributed by atoms with E-state index in [0.717, 1.165) is 9.13 Å². The summed E-state index contributed by atoms with van der Waals surface area (Å²) in [6.45, 7) is 0. The van der Waals surface area contributed by atoms with E-state index in [9.17, 15) is 5.11 Å². The third kappa shape index (κ3) is 3.65. The number of halogens is 2. The summed E-state index contributed by atoms with van der Waals surface area (Å²) in [6.07, 6.45) is 0.687. The molecule has 0 saturated heterocycles. The molecule has 4 heteroatoms. The zero-order chi connectivity index (χ0) is 20.3. The molecule has 0 aliphatic rings. The van der Waals surface area contributed by atoms with E-state index >= 15 is 0 Å². The Labute approximate surface area is 193 Å². The maximum atomic E-state index is 10.8. The number of hydrogen-bond acceptors (Lipinski definition) is 1.